The molecule has 0 aromatic heterocycles. The summed E-state index contributed by atoms with van der Waals surface area (Å²) in [6, 6.07) is 6.07. The molecule has 0 unspecified atom stereocenters. The van der Waals surface area contributed by atoms with Crippen molar-refractivity contribution in [1.82, 2.24) is 10.2 Å². The van der Waals surface area contributed by atoms with Crippen LogP contribution in [0.5, 0.6) is 0 Å². The molecule has 0 fully saturated rings. The molecule has 0 aliphatic heterocycles. The number of nitrogens with one attached hydrogen (secondary N) is 2. The van der Waals surface area contributed by atoms with E-state index in [0.717, 1.165) is 37.2 Å². The van der Waals surface area contributed by atoms with E-state index in [1.807, 2.05) is 51.8 Å². The van der Waals surface area contributed by atoms with Gasteiger partial charge in [0.15, 0.2) is 0 Å². The molecule has 0 aliphatic carbocycles. The van der Waals surface area contributed by atoms with Crippen molar-refractivity contribution in [2.24, 2.45) is 0 Å². The van der Waals surface area contributed by atoms with Crippen LogP contribution in [0, 0.1) is 6.92 Å². The van der Waals surface area contributed by atoms with E-state index in [-0.39, 0.29) is 5.91 Å². The van der Waals surface area contributed by atoms with Crippen LogP contribution in [0.3, 0.4) is 0 Å². The second-order valence-corrected chi connectivity index (χ2v) is 4.96. The van der Waals surface area contributed by atoms with E-state index >= 15 is 0 Å². The van der Waals surface area contributed by atoms with Crippen molar-refractivity contribution in [3.63, 3.8) is 0 Å². The number of benzene rings is 1. The Morgan fingerprint density at radius 3 is 2.40 bits per heavy atom. The maximum atomic E-state index is 12.1. The van der Waals surface area contributed by atoms with Crippen molar-refractivity contribution in [1.29, 1.82) is 0 Å². The van der Waals surface area contributed by atoms with Gasteiger partial charge in [-0.3, -0.25) is 4.79 Å². The third-order valence-electron chi connectivity index (χ3n) is 3.22. The molecule has 1 rings (SSSR count). The van der Waals surface area contributed by atoms with Crippen LogP contribution in [-0.2, 0) is 9.59 Å². The second kappa shape index (κ2) is 16.7. The fourth-order valence-electron chi connectivity index (χ4n) is 2.00. The number of aryl methyl sites for hydroxylation is 1. The van der Waals surface area contributed by atoms with E-state index in [1.54, 1.807) is 6.08 Å². The SMILES string of the molecule is C=Cc1cc(C)ccc1NCC(=O)N(CC)CCNC.CC.CC=O. The van der Waals surface area contributed by atoms with Crippen LogP contribution in [0.4, 0.5) is 5.69 Å². The molecule has 142 valence electrons. The van der Waals surface area contributed by atoms with Gasteiger partial charge in [0.1, 0.15) is 6.29 Å². The van der Waals surface area contributed by atoms with Gasteiger partial charge in [0.2, 0.25) is 5.91 Å². The topological polar surface area (TPSA) is 61.4 Å². The van der Waals surface area contributed by atoms with Crippen molar-refractivity contribution >= 4 is 24.0 Å². The Morgan fingerprint density at radius 1 is 1.32 bits per heavy atom. The summed E-state index contributed by atoms with van der Waals surface area (Å²) in [5.41, 5.74) is 3.15. The van der Waals surface area contributed by atoms with Crippen LogP contribution in [0.15, 0.2) is 24.8 Å². The fourth-order valence-corrected chi connectivity index (χ4v) is 2.00. The highest BCUT2D eigenvalue weighted by Crippen LogP contribution is 2.18. The number of amides is 1. The minimum absolute atomic E-state index is 0.110. The van der Waals surface area contributed by atoms with Gasteiger partial charge in [0, 0.05) is 25.3 Å². The number of aldehydes is 1. The van der Waals surface area contributed by atoms with Gasteiger partial charge < -0.3 is 20.3 Å². The number of nitrogens with zero attached hydrogens (tertiary/aromatic N) is 1. The van der Waals surface area contributed by atoms with Gasteiger partial charge in [-0.25, -0.2) is 0 Å². The predicted molar refractivity (Wildman–Crippen MR) is 109 cm³/mol. The lowest BCUT2D eigenvalue weighted by molar-refractivity contribution is -0.129. The maximum Gasteiger partial charge on any atom is 0.241 e. The molecule has 1 aromatic rings. The molecule has 0 bridgehead atoms. The van der Waals surface area contributed by atoms with Gasteiger partial charge in [-0.1, -0.05) is 38.1 Å². The third-order valence-corrected chi connectivity index (χ3v) is 3.22. The molecule has 5 heteroatoms. The summed E-state index contributed by atoms with van der Waals surface area (Å²) in [7, 11) is 1.89. The smallest absolute Gasteiger partial charge is 0.241 e. The predicted octanol–water partition coefficient (Wildman–Crippen LogP) is 3.35. The highest BCUT2D eigenvalue weighted by Gasteiger charge is 2.11. The molecule has 2 N–H and O–H groups in total. The quantitative estimate of drug-likeness (QED) is 0.707. The molecular weight excluding hydrogens is 314 g/mol. The molecule has 0 saturated carbocycles. The van der Waals surface area contributed by atoms with Crippen molar-refractivity contribution in [3.8, 4) is 0 Å². The highest BCUT2D eigenvalue weighted by atomic mass is 16.2. The van der Waals surface area contributed by atoms with Gasteiger partial charge in [-0.05, 0) is 45.5 Å². The average molecular weight is 350 g/mol. The number of anilines is 1. The Labute approximate surface area is 153 Å². The molecule has 0 radical (unpaired) electrons. The van der Waals surface area contributed by atoms with Gasteiger partial charge in [0.25, 0.3) is 0 Å². The van der Waals surface area contributed by atoms with E-state index in [1.165, 1.54) is 12.5 Å². The Kier molecular flexibility index (Phi) is 16.8. The number of hydrogen-bond acceptors (Lipinski definition) is 4. The summed E-state index contributed by atoms with van der Waals surface area (Å²) in [4.78, 5) is 22.8. The summed E-state index contributed by atoms with van der Waals surface area (Å²) in [6.07, 6.45) is 2.55. The van der Waals surface area contributed by atoms with Gasteiger partial charge in [-0.15, -0.1) is 0 Å². The molecule has 0 heterocycles. The van der Waals surface area contributed by atoms with Crippen molar-refractivity contribution in [2.75, 3.05) is 38.5 Å². The van der Waals surface area contributed by atoms with Crippen molar-refractivity contribution in [2.45, 2.75) is 34.6 Å². The number of carbonyl (C=O) groups is 2. The van der Waals surface area contributed by atoms with Gasteiger partial charge in [0.05, 0.1) is 6.54 Å². The monoisotopic (exact) mass is 349 g/mol. The molecule has 25 heavy (non-hydrogen) atoms. The lowest BCUT2D eigenvalue weighted by atomic mass is 10.1. The lowest BCUT2D eigenvalue weighted by Gasteiger charge is -2.21. The molecular formula is C20H35N3O2. The first-order chi connectivity index (χ1) is 12.0. The molecule has 5 nitrogen and oxygen atoms in total. The fraction of sp³-hybridized carbons (Fsp3) is 0.500. The Bertz CT molecular complexity index is 502. The Morgan fingerprint density at radius 2 is 1.92 bits per heavy atom. The zero-order chi connectivity index (χ0) is 19.7. The van der Waals surface area contributed by atoms with E-state index in [0.29, 0.717) is 6.54 Å². The highest BCUT2D eigenvalue weighted by molar-refractivity contribution is 5.82. The van der Waals surface area contributed by atoms with Crippen molar-refractivity contribution < 1.29 is 9.59 Å². The van der Waals surface area contributed by atoms with Gasteiger partial charge >= 0.3 is 0 Å². The standard InChI is InChI=1S/C16H25N3O.C2H4O.C2H6/c1-5-14-11-13(3)7-8-15(14)18-12-16(20)19(6-2)10-9-17-4;1-2-3;1-2/h5,7-8,11,17-18H,1,6,9-10,12H2,2-4H3;2H,1H3;1-2H3. The molecule has 1 amide bonds. The number of likely N-dealkylation sites (N-methyl/N-ethyl adjacent to an activating group) is 2. The zero-order valence-electron chi connectivity index (χ0n) is 16.7. The molecule has 0 aliphatic rings. The first kappa shape index (κ1) is 25.1. The van der Waals surface area contributed by atoms with Crippen LogP contribution >= 0.6 is 0 Å². The van der Waals surface area contributed by atoms with Crippen molar-refractivity contribution in [3.05, 3.63) is 35.9 Å². The van der Waals surface area contributed by atoms with Crippen LogP contribution < -0.4 is 10.6 Å². The molecule has 0 spiro atoms. The minimum atomic E-state index is 0.110. The van der Waals surface area contributed by atoms with Crippen LogP contribution in [0.25, 0.3) is 6.08 Å². The van der Waals surface area contributed by atoms with Gasteiger partial charge in [-0.2, -0.15) is 0 Å². The first-order valence-electron chi connectivity index (χ1n) is 8.83. The molecule has 1 aromatic carbocycles. The lowest BCUT2D eigenvalue weighted by Crippen LogP contribution is -2.39. The zero-order valence-corrected chi connectivity index (χ0v) is 16.7. The van der Waals surface area contributed by atoms with Crippen LogP contribution in [0.2, 0.25) is 0 Å². The summed E-state index contributed by atoms with van der Waals surface area (Å²) in [5.74, 6) is 0.110. The number of rotatable bonds is 8. The Hall–Kier alpha value is -2.14. The second-order valence-electron chi connectivity index (χ2n) is 4.96. The maximum absolute atomic E-state index is 12.1. The van der Waals surface area contributed by atoms with E-state index < -0.39 is 0 Å². The number of hydrogen-bond donors (Lipinski definition) is 2. The minimum Gasteiger partial charge on any atom is -0.376 e. The average Bonchev–Trinajstić information content (AvgIpc) is 2.63. The Balaban J connectivity index is 0. The molecule has 0 saturated heterocycles. The number of carbonyl (C=O) groups excluding carboxylic acids is 2. The first-order valence-corrected chi connectivity index (χ1v) is 8.83. The van der Waals surface area contributed by atoms with Crippen LogP contribution in [0.1, 0.15) is 38.8 Å². The summed E-state index contributed by atoms with van der Waals surface area (Å²) >= 11 is 0. The molecule has 0 atom stereocenters. The summed E-state index contributed by atoms with van der Waals surface area (Å²) in [6.45, 7) is 15.9. The largest absolute Gasteiger partial charge is 0.376 e. The normalized spacial score (nSPS) is 8.88. The van der Waals surface area contributed by atoms with Crippen LogP contribution in [-0.4, -0.2) is 50.3 Å². The summed E-state index contributed by atoms with van der Waals surface area (Å²) < 4.78 is 0. The van der Waals surface area contributed by atoms with E-state index in [4.69, 9.17) is 4.79 Å². The van der Waals surface area contributed by atoms with E-state index in [2.05, 4.69) is 23.3 Å². The summed E-state index contributed by atoms with van der Waals surface area (Å²) in [5, 5.41) is 6.26. The van der Waals surface area contributed by atoms with E-state index in [9.17, 15) is 4.79 Å². The third kappa shape index (κ3) is 11.1.